The lowest BCUT2D eigenvalue weighted by molar-refractivity contribution is 0.170. The molecule has 1 N–H and O–H groups in total. The highest BCUT2D eigenvalue weighted by atomic mass is 32.1. The van der Waals surface area contributed by atoms with E-state index in [4.69, 9.17) is 4.74 Å². The Kier molecular flexibility index (Phi) is 3.35. The fourth-order valence-corrected chi connectivity index (χ4v) is 3.15. The number of aryl methyl sites for hydroxylation is 1. The number of aliphatic hydroxyl groups is 1. The van der Waals surface area contributed by atoms with Crippen molar-refractivity contribution in [2.75, 3.05) is 6.61 Å². The maximum absolute atomic E-state index is 10.4. The van der Waals surface area contributed by atoms with E-state index in [-0.39, 0.29) is 0 Å². The third-order valence-electron chi connectivity index (χ3n) is 3.30. The Morgan fingerprint density at radius 1 is 1.28 bits per heavy atom. The van der Waals surface area contributed by atoms with Gasteiger partial charge in [0.25, 0.3) is 0 Å². The Morgan fingerprint density at radius 3 is 3.06 bits per heavy atom. The Morgan fingerprint density at radius 2 is 2.22 bits per heavy atom. The molecule has 3 heteroatoms. The minimum atomic E-state index is -0.475. The quantitative estimate of drug-likeness (QED) is 0.917. The predicted octanol–water partition coefficient (Wildman–Crippen LogP) is 3.35. The van der Waals surface area contributed by atoms with Gasteiger partial charge in [-0.2, -0.15) is 0 Å². The van der Waals surface area contributed by atoms with Crippen LogP contribution in [0.5, 0.6) is 5.75 Å². The van der Waals surface area contributed by atoms with Crippen LogP contribution in [-0.4, -0.2) is 11.7 Å². The highest BCUT2D eigenvalue weighted by Crippen LogP contribution is 2.34. The third-order valence-corrected chi connectivity index (χ3v) is 4.20. The maximum Gasteiger partial charge on any atom is 0.128 e. The van der Waals surface area contributed by atoms with E-state index in [9.17, 15) is 5.11 Å². The number of hydrogen-bond donors (Lipinski definition) is 1. The molecular weight excluding hydrogens is 244 g/mol. The van der Waals surface area contributed by atoms with Crippen molar-refractivity contribution < 1.29 is 9.84 Å². The van der Waals surface area contributed by atoms with Crippen LogP contribution in [0.3, 0.4) is 0 Å². The summed E-state index contributed by atoms with van der Waals surface area (Å²) >= 11 is 1.68. The number of rotatable bonds is 3. The monoisotopic (exact) mass is 260 g/mol. The average molecular weight is 260 g/mol. The van der Waals surface area contributed by atoms with Gasteiger partial charge in [0.15, 0.2) is 0 Å². The number of benzene rings is 1. The predicted molar refractivity (Wildman–Crippen MR) is 73.2 cm³/mol. The van der Waals surface area contributed by atoms with Crippen molar-refractivity contribution >= 4 is 11.3 Å². The lowest BCUT2D eigenvalue weighted by atomic mass is 9.97. The lowest BCUT2D eigenvalue weighted by Gasteiger charge is -2.22. The van der Waals surface area contributed by atoms with Gasteiger partial charge in [0, 0.05) is 16.9 Å². The van der Waals surface area contributed by atoms with Crippen molar-refractivity contribution in [1.82, 2.24) is 0 Å². The van der Waals surface area contributed by atoms with Crippen LogP contribution in [0, 0.1) is 0 Å². The summed E-state index contributed by atoms with van der Waals surface area (Å²) < 4.78 is 5.74. The first-order chi connectivity index (χ1) is 8.84. The molecule has 1 atom stereocenters. The molecule has 2 heterocycles. The van der Waals surface area contributed by atoms with Gasteiger partial charge >= 0.3 is 0 Å². The molecule has 2 nitrogen and oxygen atoms in total. The molecule has 1 aliphatic rings. The van der Waals surface area contributed by atoms with Crippen LogP contribution in [0.4, 0.5) is 0 Å². The topological polar surface area (TPSA) is 29.5 Å². The molecular formula is C15H16O2S. The molecule has 94 valence electrons. The molecule has 18 heavy (non-hydrogen) atoms. The van der Waals surface area contributed by atoms with Crippen LogP contribution in [0.1, 0.15) is 28.5 Å². The summed E-state index contributed by atoms with van der Waals surface area (Å²) in [5.74, 6) is 0.910. The summed E-state index contributed by atoms with van der Waals surface area (Å²) in [6.45, 7) is 0.760. The molecule has 1 aliphatic heterocycles. The number of para-hydroxylation sites is 1. The molecule has 0 radical (unpaired) electrons. The van der Waals surface area contributed by atoms with Crippen molar-refractivity contribution in [2.24, 2.45) is 0 Å². The molecule has 0 bridgehead atoms. The van der Waals surface area contributed by atoms with Gasteiger partial charge in [0.1, 0.15) is 5.75 Å². The number of hydrogen-bond acceptors (Lipinski definition) is 3. The first kappa shape index (κ1) is 11.8. The van der Waals surface area contributed by atoms with Gasteiger partial charge in [0.05, 0.1) is 12.7 Å². The summed E-state index contributed by atoms with van der Waals surface area (Å²) in [4.78, 5) is 1.20. The van der Waals surface area contributed by atoms with E-state index in [1.54, 1.807) is 11.3 Å². The second kappa shape index (κ2) is 5.12. The Hall–Kier alpha value is -1.32. The summed E-state index contributed by atoms with van der Waals surface area (Å²) in [6.07, 6.45) is 2.31. The van der Waals surface area contributed by atoms with Crippen molar-refractivity contribution in [3.8, 4) is 5.75 Å². The lowest BCUT2D eigenvalue weighted by Crippen LogP contribution is -2.12. The minimum Gasteiger partial charge on any atom is -0.493 e. The number of ether oxygens (including phenoxy) is 1. The molecule has 1 unspecified atom stereocenters. The molecule has 0 amide bonds. The van der Waals surface area contributed by atoms with Crippen LogP contribution >= 0.6 is 11.3 Å². The van der Waals surface area contributed by atoms with Gasteiger partial charge < -0.3 is 9.84 Å². The number of fused-ring (bicyclic) bond motifs is 1. The Balaban J connectivity index is 1.87. The molecule has 0 saturated heterocycles. The van der Waals surface area contributed by atoms with E-state index >= 15 is 0 Å². The number of thiophene rings is 1. The van der Waals surface area contributed by atoms with Gasteiger partial charge in [-0.05, 0) is 29.9 Å². The minimum absolute atomic E-state index is 0.475. The van der Waals surface area contributed by atoms with Crippen molar-refractivity contribution in [3.63, 3.8) is 0 Å². The van der Waals surface area contributed by atoms with Crippen molar-refractivity contribution in [3.05, 3.63) is 51.7 Å². The van der Waals surface area contributed by atoms with Gasteiger partial charge in [-0.3, -0.25) is 0 Å². The smallest absolute Gasteiger partial charge is 0.128 e. The van der Waals surface area contributed by atoms with Crippen molar-refractivity contribution in [2.45, 2.75) is 25.4 Å². The molecule has 1 aromatic carbocycles. The van der Waals surface area contributed by atoms with Gasteiger partial charge in [0.2, 0.25) is 0 Å². The fourth-order valence-electron chi connectivity index (χ4n) is 2.41. The summed E-state index contributed by atoms with van der Waals surface area (Å²) in [5, 5.41) is 12.4. The van der Waals surface area contributed by atoms with Crippen molar-refractivity contribution in [1.29, 1.82) is 0 Å². The molecule has 0 aliphatic carbocycles. The highest BCUT2D eigenvalue weighted by Gasteiger charge is 2.19. The summed E-state index contributed by atoms with van der Waals surface area (Å²) in [6, 6.07) is 10.2. The second-order valence-electron chi connectivity index (χ2n) is 4.59. The standard InChI is InChI=1S/C15H16O2S/c16-14(10-12-6-3-9-18-12)13-7-1-4-11-5-2-8-17-15(11)13/h1,3-4,6-7,9,14,16H,2,5,8,10H2. The molecule has 3 rings (SSSR count). The molecule has 0 fully saturated rings. The van der Waals surface area contributed by atoms with E-state index in [0.29, 0.717) is 6.42 Å². The van der Waals surface area contributed by atoms with E-state index in [1.165, 1.54) is 10.4 Å². The van der Waals surface area contributed by atoms with E-state index in [1.807, 2.05) is 23.6 Å². The maximum atomic E-state index is 10.4. The van der Waals surface area contributed by atoms with Crippen LogP contribution in [0.25, 0.3) is 0 Å². The van der Waals surface area contributed by atoms with Gasteiger partial charge in [-0.25, -0.2) is 0 Å². The molecule has 0 saturated carbocycles. The van der Waals surface area contributed by atoms with Crippen LogP contribution in [0.2, 0.25) is 0 Å². The van der Waals surface area contributed by atoms with Crippen LogP contribution < -0.4 is 4.74 Å². The zero-order chi connectivity index (χ0) is 12.4. The highest BCUT2D eigenvalue weighted by molar-refractivity contribution is 7.09. The van der Waals surface area contributed by atoms with Crippen LogP contribution in [-0.2, 0) is 12.8 Å². The molecule has 1 aromatic heterocycles. The van der Waals surface area contributed by atoms with E-state index < -0.39 is 6.10 Å². The van der Waals surface area contributed by atoms with Gasteiger partial charge in [-0.1, -0.05) is 24.3 Å². The van der Waals surface area contributed by atoms with Crippen LogP contribution in [0.15, 0.2) is 35.7 Å². The molecule has 2 aromatic rings. The summed E-state index contributed by atoms with van der Waals surface area (Å²) in [5.41, 5.74) is 2.16. The largest absolute Gasteiger partial charge is 0.493 e. The molecule has 0 spiro atoms. The zero-order valence-corrected chi connectivity index (χ0v) is 11.0. The number of aliphatic hydroxyl groups excluding tert-OH is 1. The summed E-state index contributed by atoms with van der Waals surface area (Å²) in [7, 11) is 0. The second-order valence-corrected chi connectivity index (χ2v) is 5.62. The third kappa shape index (κ3) is 2.28. The van der Waals surface area contributed by atoms with E-state index in [0.717, 1.165) is 30.8 Å². The Labute approximate surface area is 111 Å². The SMILES string of the molecule is OC(Cc1cccs1)c1cccc2c1OCCC2. The normalized spacial score (nSPS) is 15.8. The average Bonchev–Trinajstić information content (AvgIpc) is 2.91. The van der Waals surface area contributed by atoms with E-state index in [2.05, 4.69) is 12.1 Å². The zero-order valence-electron chi connectivity index (χ0n) is 10.1. The first-order valence-electron chi connectivity index (χ1n) is 6.29. The fraction of sp³-hybridized carbons (Fsp3) is 0.333. The Bertz CT molecular complexity index is 519. The van der Waals surface area contributed by atoms with Gasteiger partial charge in [-0.15, -0.1) is 11.3 Å². The first-order valence-corrected chi connectivity index (χ1v) is 7.17.